The monoisotopic (exact) mass is 969 g/mol. The summed E-state index contributed by atoms with van der Waals surface area (Å²) in [6, 6.07) is 1.41. The van der Waals surface area contributed by atoms with Crippen LogP contribution in [0.5, 0.6) is 0 Å². The number of hydrogen-bond donors (Lipinski definition) is 3. The van der Waals surface area contributed by atoms with Gasteiger partial charge in [-0.3, -0.25) is 9.28 Å². The van der Waals surface area contributed by atoms with Crippen molar-refractivity contribution in [2.45, 2.75) is 284 Å². The molecule has 3 N–H and O–H groups in total. The van der Waals surface area contributed by atoms with E-state index in [1.54, 1.807) is 6.92 Å². The lowest BCUT2D eigenvalue weighted by atomic mass is 9.76. The van der Waals surface area contributed by atoms with Crippen LogP contribution in [0.3, 0.4) is 0 Å². The van der Waals surface area contributed by atoms with Gasteiger partial charge >= 0.3 is 5.72 Å². The van der Waals surface area contributed by atoms with Gasteiger partial charge in [-0.25, -0.2) is 9.87 Å². The van der Waals surface area contributed by atoms with Gasteiger partial charge in [-0.15, -0.1) is 0 Å². The number of aryl methyl sites for hydroxylation is 2. The van der Waals surface area contributed by atoms with Gasteiger partial charge in [0.2, 0.25) is 11.5 Å². The Morgan fingerprint density at radius 3 is 1.43 bits per heavy atom. The molecule has 13 heteroatoms. The maximum absolute atomic E-state index is 11.9. The summed E-state index contributed by atoms with van der Waals surface area (Å²) in [5.74, 6) is 2.43. The number of fused-ring (bicyclic) bond motifs is 2. The molecule has 6 heterocycles. The van der Waals surface area contributed by atoms with Gasteiger partial charge in [0, 0.05) is 66.2 Å². The maximum atomic E-state index is 11.9. The summed E-state index contributed by atoms with van der Waals surface area (Å²) in [5, 5.41) is 11.0. The smallest absolute Gasteiger partial charge is 0.316 e. The first-order chi connectivity index (χ1) is 31.3. The van der Waals surface area contributed by atoms with E-state index >= 15 is 0 Å². The highest BCUT2D eigenvalue weighted by atomic mass is 17.3. The third kappa shape index (κ3) is 13.5. The number of carbonyl (C=O) groups is 1. The number of nitrogens with one attached hydrogen (secondary N) is 3. The van der Waals surface area contributed by atoms with E-state index in [2.05, 4.69) is 173 Å². The molecule has 13 nitrogen and oxygen atoms in total. The normalized spacial score (nSPS) is 29.5. The highest BCUT2D eigenvalue weighted by Crippen LogP contribution is 2.77. The van der Waals surface area contributed by atoms with Crippen molar-refractivity contribution >= 4 is 11.7 Å². The molecule has 0 amide bonds. The van der Waals surface area contributed by atoms with Crippen LogP contribution < -0.4 is 16.0 Å². The summed E-state index contributed by atoms with van der Waals surface area (Å²) >= 11 is 0. The highest BCUT2D eigenvalue weighted by Gasteiger charge is 3.01. The van der Waals surface area contributed by atoms with Crippen molar-refractivity contribution < 1.29 is 23.8 Å². The Balaban J connectivity index is 0.000000201. The zero-order valence-corrected chi connectivity index (χ0v) is 48.7. The molecule has 1 aliphatic carbocycles. The van der Waals surface area contributed by atoms with E-state index in [1.165, 1.54) is 64.5 Å². The Kier molecular flexibility index (Phi) is 16.9. The van der Waals surface area contributed by atoms with Crippen LogP contribution in [0.15, 0.2) is 0 Å². The van der Waals surface area contributed by atoms with E-state index in [0.29, 0.717) is 18.0 Å². The van der Waals surface area contributed by atoms with Gasteiger partial charge in [-0.2, -0.15) is 14.9 Å². The van der Waals surface area contributed by atoms with Crippen molar-refractivity contribution in [2.75, 3.05) is 46.2 Å². The Morgan fingerprint density at radius 2 is 1.10 bits per heavy atom. The van der Waals surface area contributed by atoms with Gasteiger partial charge in [0.15, 0.2) is 6.54 Å². The number of quaternary nitrogens is 1. The number of methoxy groups -OCH3 is 1. The number of unbranched alkanes of at least 4 members (excludes halogenated alkanes) is 3. The number of carbonyl (C=O) groups excluding carboxylic acids is 1. The zero-order valence-electron chi connectivity index (χ0n) is 48.7. The van der Waals surface area contributed by atoms with E-state index in [9.17, 15) is 4.79 Å². The third-order valence-electron chi connectivity index (χ3n) is 16.8. The summed E-state index contributed by atoms with van der Waals surface area (Å²) in [7, 11) is 6.49. The van der Waals surface area contributed by atoms with Crippen LogP contribution in [0.4, 0.5) is 5.95 Å². The van der Waals surface area contributed by atoms with Crippen LogP contribution in [0, 0.1) is 25.2 Å². The Hall–Kier alpha value is -1.84. The van der Waals surface area contributed by atoms with E-state index < -0.39 is 0 Å². The van der Waals surface area contributed by atoms with Gasteiger partial charge in [0.25, 0.3) is 0 Å². The molecule has 69 heavy (non-hydrogen) atoms. The number of ketones is 1. The Labute approximate surface area is 422 Å². The molecular weight excluding hydrogens is 863 g/mol. The molecule has 0 bridgehead atoms. The number of rotatable bonds is 14. The van der Waals surface area contributed by atoms with Gasteiger partial charge in [0.1, 0.15) is 17.4 Å². The number of anilines is 1. The lowest BCUT2D eigenvalue weighted by Gasteiger charge is -2.57. The maximum Gasteiger partial charge on any atom is 0.316 e. The highest BCUT2D eigenvalue weighted by molar-refractivity contribution is 5.83. The van der Waals surface area contributed by atoms with Crippen molar-refractivity contribution in [3.63, 3.8) is 0 Å². The number of Topliss-reactive ketones (excluding diaryl/α,β-unsaturated/α-hetero) is 1. The average Bonchev–Trinajstić information content (AvgIpc) is 4.05. The molecule has 1 aromatic heterocycles. The lowest BCUT2D eigenvalue weighted by Crippen LogP contribution is -2.73. The van der Waals surface area contributed by atoms with Gasteiger partial charge in [-0.1, -0.05) is 33.6 Å². The minimum atomic E-state index is -0.354. The topological polar surface area (TPSA) is 126 Å². The molecule has 3 atom stereocenters. The van der Waals surface area contributed by atoms with Crippen LogP contribution in [0.2, 0.25) is 0 Å². The fourth-order valence-corrected chi connectivity index (χ4v) is 15.2. The average molecular weight is 970 g/mol. The van der Waals surface area contributed by atoms with E-state index in [0.717, 1.165) is 48.4 Å². The molecule has 5 aliphatic heterocycles. The second-order valence-electron chi connectivity index (χ2n) is 28.9. The van der Waals surface area contributed by atoms with Crippen molar-refractivity contribution in [3.8, 4) is 0 Å². The van der Waals surface area contributed by atoms with Gasteiger partial charge in [-0.05, 0) is 195 Å². The molecule has 398 valence electrons. The van der Waals surface area contributed by atoms with Crippen LogP contribution in [0.25, 0.3) is 0 Å². The number of ether oxygens (including phenoxy) is 1. The minimum absolute atomic E-state index is 0.0190. The largest absolute Gasteiger partial charge is 0.381 e. The third-order valence-corrected chi connectivity index (χ3v) is 16.8. The first-order valence-corrected chi connectivity index (χ1v) is 27.0. The second-order valence-corrected chi connectivity index (χ2v) is 28.9. The number of aromatic nitrogens is 3. The Morgan fingerprint density at radius 1 is 0.681 bits per heavy atom. The van der Waals surface area contributed by atoms with Crippen LogP contribution in [-0.4, -0.2) is 144 Å². The molecule has 6 fully saturated rings. The van der Waals surface area contributed by atoms with Gasteiger partial charge in [0.05, 0.1) is 23.1 Å². The predicted molar refractivity (Wildman–Crippen MR) is 283 cm³/mol. The molecule has 0 aromatic carbocycles. The fraction of sp³-hybridized carbons (Fsp3) is 0.929. The summed E-state index contributed by atoms with van der Waals surface area (Å²) in [6.45, 7) is 48.0. The van der Waals surface area contributed by atoms with E-state index in [1.807, 2.05) is 21.0 Å². The zero-order chi connectivity index (χ0) is 52.2. The van der Waals surface area contributed by atoms with Crippen molar-refractivity contribution in [2.24, 2.45) is 11.3 Å². The number of piperidine rings is 3. The van der Waals surface area contributed by atoms with Gasteiger partial charge < -0.3 is 30.5 Å². The summed E-state index contributed by atoms with van der Waals surface area (Å²) in [6.07, 6.45) is 14.6. The van der Waals surface area contributed by atoms with E-state index in [4.69, 9.17) is 14.5 Å². The molecule has 5 saturated heterocycles. The van der Waals surface area contributed by atoms with Crippen LogP contribution >= 0.6 is 0 Å². The van der Waals surface area contributed by atoms with Crippen LogP contribution in [0.1, 0.15) is 213 Å². The molecular formula is C56H106N9O4+. The minimum Gasteiger partial charge on any atom is -0.381 e. The molecule has 1 aromatic rings. The fourth-order valence-electron chi connectivity index (χ4n) is 15.2. The van der Waals surface area contributed by atoms with Crippen molar-refractivity contribution in [3.05, 3.63) is 11.6 Å². The molecule has 3 unspecified atom stereocenters. The Bertz CT molecular complexity index is 1800. The quantitative estimate of drug-likeness (QED) is 0.0711. The molecule has 0 radical (unpaired) electrons. The van der Waals surface area contributed by atoms with E-state index in [-0.39, 0.29) is 73.3 Å². The SMILES string of the molecule is CN(CCCCCCN(C)C1CC(C)(C)NC(C)(C)C1)C1CC(C)(C)NC(C)(C)C1.COC1CC(C)(C)[N+]2(CC23OOC32CC2C(C)=O)C(C)(C)C1.Cc1nc(C)nc(NC(C)(C)CC(C)(C)C)n1. The first kappa shape index (κ1) is 58.1. The summed E-state index contributed by atoms with van der Waals surface area (Å²) < 4.78 is 6.59. The summed E-state index contributed by atoms with van der Waals surface area (Å²) in [5.41, 5.74) is 0.624. The predicted octanol–water partition coefficient (Wildman–Crippen LogP) is 10.3. The molecule has 3 spiro atoms. The number of nitrogens with zero attached hydrogens (tertiary/aromatic N) is 6. The molecule has 6 aliphatic rings. The van der Waals surface area contributed by atoms with Crippen molar-refractivity contribution in [1.82, 2.24) is 35.4 Å². The first-order valence-electron chi connectivity index (χ1n) is 27.0. The second kappa shape index (κ2) is 20.1. The number of hydrogen-bond acceptors (Lipinski definition) is 12. The molecule has 7 rings (SSSR count). The lowest BCUT2D eigenvalue weighted by molar-refractivity contribution is -0.975. The summed E-state index contributed by atoms with van der Waals surface area (Å²) in [4.78, 5) is 41.3. The standard InChI is InChI=1S/C26H54N4.C17H28NO4.C13H24N4/c1-23(2)17-21(18-24(3,4)27-23)29(9)15-13-11-12-14-16-30(10)22-19-25(5,6)28-26(7,8)20-22;1-11(19)13-9-16(13)17(22-21-16)10-18(17)14(2,3)7-12(20-6)8-15(18,4)5;1-9-14-10(2)16-11(15-9)17-13(6,7)8-12(3,4)5/h21-22,27-28H,11-20H2,1-10H3;12-13H,7-10H2,1-6H3;8H2,1-7H3,(H,14,15,16,17)/q;+1;. The van der Waals surface area contributed by atoms with Crippen molar-refractivity contribution in [1.29, 1.82) is 0 Å². The van der Waals surface area contributed by atoms with Crippen LogP contribution in [-0.2, 0) is 19.3 Å². The molecule has 1 saturated carbocycles.